The molecular weight excluding hydrogens is 234 g/mol. The number of hydrogen-bond acceptors (Lipinski definition) is 4. The molecule has 17 heavy (non-hydrogen) atoms. The predicted octanol–water partition coefficient (Wildman–Crippen LogP) is 1.72. The summed E-state index contributed by atoms with van der Waals surface area (Å²) in [5, 5.41) is 9.33. The molecule has 1 fully saturated rings. The molecular formula is C12H21N3OS. The van der Waals surface area contributed by atoms with E-state index in [1.54, 1.807) is 7.11 Å². The topological polar surface area (TPSA) is 39.1 Å². The van der Waals surface area contributed by atoms with Crippen molar-refractivity contribution in [1.29, 1.82) is 0 Å². The maximum atomic E-state index is 5.09. The van der Waals surface area contributed by atoms with Gasteiger partial charge in [-0.15, -0.1) is 11.8 Å². The first-order valence-corrected chi connectivity index (χ1v) is 7.08. The third-order valence-corrected chi connectivity index (χ3v) is 4.11. The third-order valence-electron chi connectivity index (χ3n) is 2.96. The molecule has 0 atom stereocenters. The molecule has 1 aliphatic rings. The summed E-state index contributed by atoms with van der Waals surface area (Å²) in [6.45, 7) is 3.81. The third kappa shape index (κ3) is 3.47. The lowest BCUT2D eigenvalue weighted by Crippen LogP contribution is -2.16. The lowest BCUT2D eigenvalue weighted by Gasteiger charge is -2.07. The number of nitrogens with one attached hydrogen (secondary N) is 1. The maximum absolute atomic E-state index is 5.09. The zero-order valence-corrected chi connectivity index (χ0v) is 11.6. The molecule has 0 bridgehead atoms. The van der Waals surface area contributed by atoms with E-state index in [-0.39, 0.29) is 0 Å². The van der Waals surface area contributed by atoms with E-state index < -0.39 is 0 Å². The second-order valence-corrected chi connectivity index (χ2v) is 5.57. The zero-order chi connectivity index (χ0) is 12.3. The van der Waals surface area contributed by atoms with Crippen molar-refractivity contribution >= 4 is 11.8 Å². The Morgan fingerprint density at radius 2 is 2.29 bits per heavy atom. The van der Waals surface area contributed by atoms with Crippen molar-refractivity contribution < 1.29 is 4.74 Å². The molecule has 0 spiro atoms. The highest BCUT2D eigenvalue weighted by molar-refractivity contribution is 7.99. The Labute approximate surface area is 107 Å². The molecule has 1 aliphatic carbocycles. The number of hydrogen-bond donors (Lipinski definition) is 1. The largest absolute Gasteiger partial charge is 0.384 e. The van der Waals surface area contributed by atoms with Gasteiger partial charge in [0.05, 0.1) is 17.3 Å². The average Bonchev–Trinajstić information content (AvgIpc) is 3.06. The van der Waals surface area contributed by atoms with Gasteiger partial charge in [-0.05, 0) is 19.8 Å². The Morgan fingerprint density at radius 3 is 2.94 bits per heavy atom. The molecule has 1 aromatic rings. The van der Waals surface area contributed by atoms with Gasteiger partial charge >= 0.3 is 0 Å². The summed E-state index contributed by atoms with van der Waals surface area (Å²) in [4.78, 5) is 0. The second kappa shape index (κ2) is 5.89. The van der Waals surface area contributed by atoms with Gasteiger partial charge < -0.3 is 10.1 Å². The van der Waals surface area contributed by atoms with E-state index in [0.29, 0.717) is 0 Å². The minimum atomic E-state index is 0.742. The highest BCUT2D eigenvalue weighted by atomic mass is 32.2. The summed E-state index contributed by atoms with van der Waals surface area (Å²) in [5.74, 6) is 0.978. The molecule has 1 N–H and O–H groups in total. The van der Waals surface area contributed by atoms with Gasteiger partial charge in [0.1, 0.15) is 0 Å². The first-order chi connectivity index (χ1) is 8.22. The van der Waals surface area contributed by atoms with Crippen molar-refractivity contribution in [2.24, 2.45) is 7.05 Å². The molecule has 0 radical (unpaired) electrons. The number of thioether (sulfide) groups is 1. The summed E-state index contributed by atoms with van der Waals surface area (Å²) in [6.07, 6.45) is 2.65. The first kappa shape index (κ1) is 12.9. The van der Waals surface area contributed by atoms with Gasteiger partial charge in [-0.1, -0.05) is 0 Å². The Bertz CT molecular complexity index is 374. The number of rotatable bonds is 7. The maximum Gasteiger partial charge on any atom is 0.0985 e. The quantitative estimate of drug-likeness (QED) is 0.595. The Balaban J connectivity index is 1.99. The molecule has 4 nitrogen and oxygen atoms in total. The van der Waals surface area contributed by atoms with Crippen molar-refractivity contribution in [3.8, 4) is 0 Å². The van der Waals surface area contributed by atoms with Gasteiger partial charge in [0.15, 0.2) is 0 Å². The number of aromatic nitrogens is 2. The van der Waals surface area contributed by atoms with Crippen LogP contribution in [0.4, 0.5) is 0 Å². The fourth-order valence-electron chi connectivity index (χ4n) is 1.82. The summed E-state index contributed by atoms with van der Waals surface area (Å²) >= 11 is 1.83. The van der Waals surface area contributed by atoms with Gasteiger partial charge in [-0.25, -0.2) is 0 Å². The fourth-order valence-corrected chi connectivity index (χ4v) is 2.89. The predicted molar refractivity (Wildman–Crippen MR) is 70.4 cm³/mol. The lowest BCUT2D eigenvalue weighted by atomic mass is 10.2. The van der Waals surface area contributed by atoms with Gasteiger partial charge in [0, 0.05) is 38.1 Å². The highest BCUT2D eigenvalue weighted by Crippen LogP contribution is 2.26. The van der Waals surface area contributed by atoms with Crippen LogP contribution in [0, 0.1) is 6.92 Å². The van der Waals surface area contributed by atoms with E-state index in [4.69, 9.17) is 4.74 Å². The molecule has 0 aromatic carbocycles. The van der Waals surface area contributed by atoms with E-state index in [1.807, 2.05) is 23.5 Å². The van der Waals surface area contributed by atoms with Crippen LogP contribution in [-0.2, 0) is 18.3 Å². The molecule has 1 saturated carbocycles. The summed E-state index contributed by atoms with van der Waals surface area (Å²) in [7, 11) is 3.76. The molecule has 1 heterocycles. The van der Waals surface area contributed by atoms with E-state index in [9.17, 15) is 0 Å². The minimum absolute atomic E-state index is 0.742. The molecule has 2 rings (SSSR count). The van der Waals surface area contributed by atoms with Crippen LogP contribution in [0.1, 0.15) is 24.1 Å². The van der Waals surface area contributed by atoms with Gasteiger partial charge in [-0.2, -0.15) is 5.10 Å². The molecule has 1 aromatic heterocycles. The zero-order valence-electron chi connectivity index (χ0n) is 10.8. The Hall–Kier alpha value is -0.520. The van der Waals surface area contributed by atoms with Crippen LogP contribution in [0.25, 0.3) is 0 Å². The summed E-state index contributed by atoms with van der Waals surface area (Å²) < 4.78 is 7.08. The van der Waals surface area contributed by atoms with Gasteiger partial charge in [0.2, 0.25) is 0 Å². The van der Waals surface area contributed by atoms with Crippen LogP contribution in [0.2, 0.25) is 0 Å². The average molecular weight is 255 g/mol. The first-order valence-electron chi connectivity index (χ1n) is 6.10. The number of nitrogens with zero attached hydrogens (tertiary/aromatic N) is 2. The van der Waals surface area contributed by atoms with Crippen LogP contribution in [-0.4, -0.2) is 35.3 Å². The summed E-state index contributed by atoms with van der Waals surface area (Å²) in [6, 6.07) is 0.742. The van der Waals surface area contributed by atoms with E-state index in [1.165, 1.54) is 23.4 Å². The minimum Gasteiger partial charge on any atom is -0.384 e. The van der Waals surface area contributed by atoms with Crippen molar-refractivity contribution in [2.75, 3.05) is 19.5 Å². The molecule has 0 unspecified atom stereocenters. The normalized spacial score (nSPS) is 15.5. The fraction of sp³-hybridized carbons (Fsp3) is 0.750. The Morgan fingerprint density at radius 1 is 1.53 bits per heavy atom. The second-order valence-electron chi connectivity index (χ2n) is 4.49. The van der Waals surface area contributed by atoms with Gasteiger partial charge in [0.25, 0.3) is 0 Å². The van der Waals surface area contributed by atoms with Crippen molar-refractivity contribution in [1.82, 2.24) is 15.1 Å². The molecule has 5 heteroatoms. The van der Waals surface area contributed by atoms with Crippen molar-refractivity contribution in [2.45, 2.75) is 37.4 Å². The van der Waals surface area contributed by atoms with Crippen molar-refractivity contribution in [3.63, 3.8) is 0 Å². The van der Waals surface area contributed by atoms with Gasteiger partial charge in [-0.3, -0.25) is 4.68 Å². The smallest absolute Gasteiger partial charge is 0.0985 e. The molecule has 0 aliphatic heterocycles. The number of methoxy groups -OCH3 is 1. The van der Waals surface area contributed by atoms with E-state index in [2.05, 4.69) is 17.3 Å². The van der Waals surface area contributed by atoms with Crippen LogP contribution in [0.15, 0.2) is 5.03 Å². The van der Waals surface area contributed by atoms with E-state index >= 15 is 0 Å². The van der Waals surface area contributed by atoms with Crippen LogP contribution in [0.3, 0.4) is 0 Å². The number of aryl methyl sites for hydroxylation is 2. The molecule has 96 valence electrons. The standard InChI is InChI=1S/C12H21N3OS/c1-9-11(8-13-10-4-5-10)12(15(2)14-9)17-7-6-16-3/h10,13H,4-8H2,1-3H3. The Kier molecular flexibility index (Phi) is 4.48. The SMILES string of the molecule is COCCSc1c(CNC2CC2)c(C)nn1C. The molecule has 0 saturated heterocycles. The summed E-state index contributed by atoms with van der Waals surface area (Å²) in [5.41, 5.74) is 2.49. The molecule has 0 amide bonds. The van der Waals surface area contributed by atoms with Crippen LogP contribution >= 0.6 is 11.8 Å². The van der Waals surface area contributed by atoms with Crippen LogP contribution in [0.5, 0.6) is 0 Å². The highest BCUT2D eigenvalue weighted by Gasteiger charge is 2.22. The lowest BCUT2D eigenvalue weighted by molar-refractivity contribution is 0.218. The number of ether oxygens (including phenoxy) is 1. The monoisotopic (exact) mass is 255 g/mol. The van der Waals surface area contributed by atoms with E-state index in [0.717, 1.165) is 30.6 Å². The van der Waals surface area contributed by atoms with Crippen LogP contribution < -0.4 is 5.32 Å². The van der Waals surface area contributed by atoms with Crippen molar-refractivity contribution in [3.05, 3.63) is 11.3 Å².